The maximum atomic E-state index is 13.9. The van der Waals surface area contributed by atoms with Crippen molar-refractivity contribution in [3.05, 3.63) is 105 Å². The normalized spacial score (nSPS) is 11.9. The zero-order chi connectivity index (χ0) is 28.6. The summed E-state index contributed by atoms with van der Waals surface area (Å²) in [5, 5.41) is 14.5. The van der Waals surface area contributed by atoms with Gasteiger partial charge in [-0.25, -0.2) is 8.42 Å². The van der Waals surface area contributed by atoms with Gasteiger partial charge in [-0.2, -0.15) is 0 Å². The minimum Gasteiger partial charge on any atom is -0.355 e. The van der Waals surface area contributed by atoms with E-state index in [0.717, 1.165) is 22.2 Å². The number of nitrogens with zero attached hydrogens (tertiary/aromatic N) is 3. The van der Waals surface area contributed by atoms with Gasteiger partial charge in [-0.1, -0.05) is 60.1 Å². The fourth-order valence-electron chi connectivity index (χ4n) is 4.05. The topological polar surface area (TPSA) is 130 Å². The van der Waals surface area contributed by atoms with Crippen LogP contribution in [0.4, 0.5) is 11.4 Å². The SMILES string of the molecule is CCNC(=O)[C@@H](Cc1ccccc1)N(Cc1cccc(Cl)c1)C(=O)CN(c1cccc([N+](=O)[O-])c1)S(C)(=O)=O. The van der Waals surface area contributed by atoms with E-state index in [1.54, 1.807) is 31.2 Å². The number of hydrogen-bond acceptors (Lipinski definition) is 6. The highest BCUT2D eigenvalue weighted by molar-refractivity contribution is 7.92. The van der Waals surface area contributed by atoms with Crippen molar-refractivity contribution < 1.29 is 22.9 Å². The van der Waals surface area contributed by atoms with Crippen molar-refractivity contribution in [3.8, 4) is 0 Å². The lowest BCUT2D eigenvalue weighted by Gasteiger charge is -2.33. The minimum atomic E-state index is -4.04. The van der Waals surface area contributed by atoms with E-state index in [4.69, 9.17) is 11.6 Å². The molecule has 0 spiro atoms. The smallest absolute Gasteiger partial charge is 0.271 e. The lowest BCUT2D eigenvalue weighted by atomic mass is 10.0. The molecule has 206 valence electrons. The Morgan fingerprint density at radius 1 is 1.00 bits per heavy atom. The third-order valence-electron chi connectivity index (χ3n) is 5.87. The Morgan fingerprint density at radius 2 is 1.67 bits per heavy atom. The van der Waals surface area contributed by atoms with E-state index in [1.165, 1.54) is 23.1 Å². The molecule has 0 heterocycles. The van der Waals surface area contributed by atoms with E-state index in [2.05, 4.69) is 5.32 Å². The molecule has 0 aliphatic rings. The first kappa shape index (κ1) is 29.6. The molecule has 39 heavy (non-hydrogen) atoms. The molecule has 0 saturated heterocycles. The van der Waals surface area contributed by atoms with Crippen LogP contribution in [0.15, 0.2) is 78.9 Å². The maximum absolute atomic E-state index is 13.9. The van der Waals surface area contributed by atoms with Crippen LogP contribution in [0.1, 0.15) is 18.1 Å². The van der Waals surface area contributed by atoms with E-state index < -0.39 is 39.3 Å². The second-order valence-electron chi connectivity index (χ2n) is 8.80. The number of benzene rings is 3. The van der Waals surface area contributed by atoms with Crippen molar-refractivity contribution in [1.29, 1.82) is 0 Å². The molecule has 1 atom stereocenters. The summed E-state index contributed by atoms with van der Waals surface area (Å²) in [5.41, 5.74) is 1.07. The summed E-state index contributed by atoms with van der Waals surface area (Å²) in [7, 11) is -4.04. The quantitative estimate of drug-likeness (QED) is 0.260. The van der Waals surface area contributed by atoms with Crippen LogP contribution in [-0.4, -0.2) is 55.4 Å². The molecule has 2 amide bonds. The molecular formula is C27H29ClN4O6S. The largest absolute Gasteiger partial charge is 0.355 e. The van der Waals surface area contributed by atoms with Crippen molar-refractivity contribution in [2.75, 3.05) is 23.7 Å². The van der Waals surface area contributed by atoms with Crippen molar-refractivity contribution in [1.82, 2.24) is 10.2 Å². The number of nitro benzene ring substituents is 1. The number of carbonyl (C=O) groups excluding carboxylic acids is 2. The second kappa shape index (κ2) is 13.2. The molecule has 0 bridgehead atoms. The summed E-state index contributed by atoms with van der Waals surface area (Å²) >= 11 is 6.17. The molecule has 10 nitrogen and oxygen atoms in total. The molecule has 1 N–H and O–H groups in total. The average Bonchev–Trinajstić information content (AvgIpc) is 2.89. The number of nitrogens with one attached hydrogen (secondary N) is 1. The summed E-state index contributed by atoms with van der Waals surface area (Å²) < 4.78 is 26.3. The minimum absolute atomic E-state index is 0.0272. The number of non-ortho nitro benzene ring substituents is 1. The van der Waals surface area contributed by atoms with Gasteiger partial charge in [0.15, 0.2) is 0 Å². The third kappa shape index (κ3) is 8.26. The Bertz CT molecular complexity index is 1430. The monoisotopic (exact) mass is 572 g/mol. The molecule has 0 saturated carbocycles. The number of nitro groups is 1. The molecule has 12 heteroatoms. The highest BCUT2D eigenvalue weighted by atomic mass is 35.5. The summed E-state index contributed by atoms with van der Waals surface area (Å²) in [6, 6.07) is 20.0. The Balaban J connectivity index is 2.06. The summed E-state index contributed by atoms with van der Waals surface area (Å²) in [4.78, 5) is 39.1. The molecular weight excluding hydrogens is 544 g/mol. The highest BCUT2D eigenvalue weighted by Gasteiger charge is 2.33. The van der Waals surface area contributed by atoms with Gasteiger partial charge in [-0.3, -0.25) is 24.0 Å². The van der Waals surface area contributed by atoms with E-state index >= 15 is 0 Å². The number of anilines is 1. The van der Waals surface area contributed by atoms with Crippen molar-refractivity contribution in [2.24, 2.45) is 0 Å². The number of carbonyl (C=O) groups is 2. The molecule has 3 aromatic rings. The number of amides is 2. The van der Waals surface area contributed by atoms with E-state index in [0.29, 0.717) is 17.1 Å². The first-order chi connectivity index (χ1) is 18.5. The summed E-state index contributed by atoms with van der Waals surface area (Å²) in [6.45, 7) is 1.38. The van der Waals surface area contributed by atoms with Crippen LogP contribution in [0.3, 0.4) is 0 Å². The zero-order valence-electron chi connectivity index (χ0n) is 21.5. The van der Waals surface area contributed by atoms with Crippen LogP contribution in [0.5, 0.6) is 0 Å². The van der Waals surface area contributed by atoms with Crippen LogP contribution in [0.2, 0.25) is 5.02 Å². The first-order valence-electron chi connectivity index (χ1n) is 12.1. The average molecular weight is 573 g/mol. The number of rotatable bonds is 12. The van der Waals surface area contributed by atoms with Gasteiger partial charge in [0.1, 0.15) is 12.6 Å². The number of likely N-dealkylation sites (N-methyl/N-ethyl adjacent to an activating group) is 1. The maximum Gasteiger partial charge on any atom is 0.271 e. The molecule has 0 unspecified atom stereocenters. The van der Waals surface area contributed by atoms with Gasteiger partial charge in [0.25, 0.3) is 5.69 Å². The van der Waals surface area contributed by atoms with Crippen molar-refractivity contribution in [2.45, 2.75) is 25.9 Å². The summed E-state index contributed by atoms with van der Waals surface area (Å²) in [6.07, 6.45) is 1.08. The fraction of sp³-hybridized carbons (Fsp3) is 0.259. The Hall–Kier alpha value is -3.96. The van der Waals surface area contributed by atoms with Gasteiger partial charge < -0.3 is 10.2 Å². The Labute approximate surface area is 232 Å². The molecule has 3 aromatic carbocycles. The lowest BCUT2D eigenvalue weighted by Crippen LogP contribution is -2.53. The third-order valence-corrected chi connectivity index (χ3v) is 7.25. The van der Waals surface area contributed by atoms with Gasteiger partial charge in [-0.05, 0) is 36.2 Å². The summed E-state index contributed by atoms with van der Waals surface area (Å²) in [5.74, 6) is -1.07. The fourth-order valence-corrected chi connectivity index (χ4v) is 5.11. The Morgan fingerprint density at radius 3 is 2.28 bits per heavy atom. The van der Waals surface area contributed by atoms with Gasteiger partial charge in [0.05, 0.1) is 16.9 Å². The number of halogens is 1. The van der Waals surface area contributed by atoms with Crippen LogP contribution in [-0.2, 0) is 32.6 Å². The van der Waals surface area contributed by atoms with Crippen LogP contribution >= 0.6 is 11.6 Å². The van der Waals surface area contributed by atoms with E-state index in [9.17, 15) is 28.1 Å². The van der Waals surface area contributed by atoms with Gasteiger partial charge >= 0.3 is 0 Å². The van der Waals surface area contributed by atoms with Crippen LogP contribution in [0, 0.1) is 10.1 Å². The molecule has 0 radical (unpaired) electrons. The molecule has 3 rings (SSSR count). The van der Waals surface area contributed by atoms with Crippen molar-refractivity contribution >= 4 is 44.8 Å². The highest BCUT2D eigenvalue weighted by Crippen LogP contribution is 2.24. The molecule has 0 aliphatic carbocycles. The number of sulfonamides is 1. The standard InChI is InChI=1S/C27H29ClN4O6S/c1-3-29-27(34)25(16-20-9-5-4-6-10-20)30(18-21-11-7-12-22(28)15-21)26(33)19-31(39(2,37)38)23-13-8-14-24(17-23)32(35)36/h4-15,17,25H,3,16,18-19H2,1-2H3,(H,29,34)/t25-/m1/s1. The van der Waals surface area contributed by atoms with Crippen LogP contribution < -0.4 is 9.62 Å². The number of hydrogen-bond donors (Lipinski definition) is 1. The Kier molecular flexibility index (Phi) is 10.0. The molecule has 0 aromatic heterocycles. The molecule has 0 fully saturated rings. The molecule has 0 aliphatic heterocycles. The van der Waals surface area contributed by atoms with Crippen LogP contribution in [0.25, 0.3) is 0 Å². The van der Waals surface area contributed by atoms with Gasteiger partial charge in [0.2, 0.25) is 21.8 Å². The predicted octanol–water partition coefficient (Wildman–Crippen LogP) is 3.79. The van der Waals surface area contributed by atoms with E-state index in [1.807, 2.05) is 30.3 Å². The zero-order valence-corrected chi connectivity index (χ0v) is 23.1. The predicted molar refractivity (Wildman–Crippen MR) is 150 cm³/mol. The van der Waals surface area contributed by atoms with Crippen molar-refractivity contribution in [3.63, 3.8) is 0 Å². The lowest BCUT2D eigenvalue weighted by molar-refractivity contribution is -0.384. The second-order valence-corrected chi connectivity index (χ2v) is 11.1. The first-order valence-corrected chi connectivity index (χ1v) is 14.3. The van der Waals surface area contributed by atoms with Gasteiger partial charge in [-0.15, -0.1) is 0 Å². The van der Waals surface area contributed by atoms with Gasteiger partial charge in [0, 0.05) is 36.7 Å². The van der Waals surface area contributed by atoms with E-state index in [-0.39, 0.29) is 24.3 Å².